The van der Waals surface area contributed by atoms with Crippen LogP contribution in [0, 0.1) is 0 Å². The standard InChI is InChI=1S/C9H13N3O2/c1-2-10-9(14)3-5-12-6-4-11-8(12)7-13/h4,6-7H,2-3,5H2,1H3,(H,10,14). The molecule has 1 amide bonds. The van der Waals surface area contributed by atoms with Gasteiger partial charge >= 0.3 is 0 Å². The molecule has 0 spiro atoms. The Bertz CT molecular complexity index is 320. The number of imidazole rings is 1. The Morgan fingerprint density at radius 2 is 2.50 bits per heavy atom. The third-order valence-corrected chi connectivity index (χ3v) is 1.81. The van der Waals surface area contributed by atoms with E-state index in [2.05, 4.69) is 10.3 Å². The molecule has 0 atom stereocenters. The predicted molar refractivity (Wildman–Crippen MR) is 50.9 cm³/mol. The van der Waals surface area contributed by atoms with Gasteiger partial charge in [-0.3, -0.25) is 9.59 Å². The molecule has 14 heavy (non-hydrogen) atoms. The lowest BCUT2D eigenvalue weighted by molar-refractivity contribution is -0.121. The molecule has 0 aromatic carbocycles. The van der Waals surface area contributed by atoms with Crippen LogP contribution in [0.4, 0.5) is 0 Å². The van der Waals surface area contributed by atoms with Crippen molar-refractivity contribution < 1.29 is 9.59 Å². The molecule has 1 N–H and O–H groups in total. The van der Waals surface area contributed by atoms with Crippen LogP contribution in [0.5, 0.6) is 0 Å². The zero-order valence-electron chi connectivity index (χ0n) is 8.06. The number of rotatable bonds is 5. The molecule has 1 heterocycles. The second-order valence-electron chi connectivity index (χ2n) is 2.80. The molecule has 5 heteroatoms. The van der Waals surface area contributed by atoms with Crippen molar-refractivity contribution in [2.45, 2.75) is 19.9 Å². The van der Waals surface area contributed by atoms with Gasteiger partial charge in [-0.1, -0.05) is 0 Å². The average Bonchev–Trinajstić information content (AvgIpc) is 2.62. The van der Waals surface area contributed by atoms with Crippen molar-refractivity contribution in [3.8, 4) is 0 Å². The van der Waals surface area contributed by atoms with Crippen molar-refractivity contribution in [1.29, 1.82) is 0 Å². The maximum atomic E-state index is 11.1. The lowest BCUT2D eigenvalue weighted by Gasteiger charge is -2.03. The van der Waals surface area contributed by atoms with Crippen LogP contribution < -0.4 is 5.32 Å². The zero-order valence-corrected chi connectivity index (χ0v) is 8.06. The predicted octanol–water partition coefficient (Wildman–Crippen LogP) is 0.222. The summed E-state index contributed by atoms with van der Waals surface area (Å²) in [5, 5.41) is 2.68. The molecule has 0 aliphatic rings. The van der Waals surface area contributed by atoms with Crippen LogP contribution in [-0.4, -0.2) is 28.3 Å². The Kier molecular flexibility index (Phi) is 3.84. The van der Waals surface area contributed by atoms with Gasteiger partial charge in [-0.15, -0.1) is 0 Å². The molecule has 5 nitrogen and oxygen atoms in total. The van der Waals surface area contributed by atoms with Crippen molar-refractivity contribution in [3.63, 3.8) is 0 Å². The lowest BCUT2D eigenvalue weighted by Crippen LogP contribution is -2.23. The average molecular weight is 195 g/mol. The van der Waals surface area contributed by atoms with Gasteiger partial charge in [-0.2, -0.15) is 0 Å². The van der Waals surface area contributed by atoms with E-state index >= 15 is 0 Å². The number of nitrogens with one attached hydrogen (secondary N) is 1. The number of carbonyl (C=O) groups excluding carboxylic acids is 2. The maximum Gasteiger partial charge on any atom is 0.221 e. The van der Waals surface area contributed by atoms with Crippen LogP contribution in [0.15, 0.2) is 12.4 Å². The quantitative estimate of drug-likeness (QED) is 0.684. The van der Waals surface area contributed by atoms with E-state index < -0.39 is 0 Å². The van der Waals surface area contributed by atoms with Crippen LogP contribution >= 0.6 is 0 Å². The van der Waals surface area contributed by atoms with E-state index in [1.165, 1.54) is 0 Å². The summed E-state index contributed by atoms with van der Waals surface area (Å²) in [6.07, 6.45) is 4.27. The van der Waals surface area contributed by atoms with Crippen LogP contribution in [0.3, 0.4) is 0 Å². The molecule has 1 rings (SSSR count). The van der Waals surface area contributed by atoms with Gasteiger partial charge in [0.05, 0.1) is 0 Å². The summed E-state index contributed by atoms with van der Waals surface area (Å²) in [5.41, 5.74) is 0. The number of aryl methyl sites for hydroxylation is 1. The number of aromatic nitrogens is 2. The summed E-state index contributed by atoms with van der Waals surface area (Å²) < 4.78 is 1.66. The number of nitrogens with zero attached hydrogens (tertiary/aromatic N) is 2. The molecule has 0 aliphatic carbocycles. The molecule has 0 radical (unpaired) electrons. The third kappa shape index (κ3) is 2.69. The second-order valence-corrected chi connectivity index (χ2v) is 2.80. The Labute approximate surface area is 82.1 Å². The topological polar surface area (TPSA) is 64.0 Å². The number of hydrogen-bond donors (Lipinski definition) is 1. The normalized spacial score (nSPS) is 9.79. The number of amides is 1. The largest absolute Gasteiger partial charge is 0.356 e. The summed E-state index contributed by atoms with van der Waals surface area (Å²) in [7, 11) is 0. The van der Waals surface area contributed by atoms with Crippen molar-refractivity contribution in [1.82, 2.24) is 14.9 Å². The highest BCUT2D eigenvalue weighted by molar-refractivity contribution is 5.76. The van der Waals surface area contributed by atoms with Gasteiger partial charge < -0.3 is 9.88 Å². The molecule has 0 fully saturated rings. The fraction of sp³-hybridized carbons (Fsp3) is 0.444. The minimum absolute atomic E-state index is 0.0157. The van der Waals surface area contributed by atoms with Gasteiger partial charge in [0.1, 0.15) is 0 Å². The summed E-state index contributed by atoms with van der Waals surface area (Å²) in [4.78, 5) is 25.4. The smallest absolute Gasteiger partial charge is 0.221 e. The van der Waals surface area contributed by atoms with Gasteiger partial charge in [0.2, 0.25) is 5.91 Å². The Balaban J connectivity index is 2.45. The minimum atomic E-state index is -0.0157. The molecular formula is C9H13N3O2. The first-order valence-electron chi connectivity index (χ1n) is 4.51. The van der Waals surface area contributed by atoms with E-state index in [-0.39, 0.29) is 5.91 Å². The molecule has 0 aliphatic heterocycles. The van der Waals surface area contributed by atoms with E-state index in [0.29, 0.717) is 31.6 Å². The summed E-state index contributed by atoms with van der Waals surface area (Å²) >= 11 is 0. The zero-order chi connectivity index (χ0) is 10.4. The highest BCUT2D eigenvalue weighted by Gasteiger charge is 2.03. The monoisotopic (exact) mass is 195 g/mol. The van der Waals surface area contributed by atoms with Crippen LogP contribution in [0.25, 0.3) is 0 Å². The molecule has 0 saturated heterocycles. The van der Waals surface area contributed by atoms with Gasteiger partial charge in [-0.05, 0) is 6.92 Å². The first-order valence-corrected chi connectivity index (χ1v) is 4.51. The fourth-order valence-corrected chi connectivity index (χ4v) is 1.14. The highest BCUT2D eigenvalue weighted by Crippen LogP contribution is 1.96. The van der Waals surface area contributed by atoms with Crippen LogP contribution in [0.1, 0.15) is 24.0 Å². The van der Waals surface area contributed by atoms with E-state index in [9.17, 15) is 9.59 Å². The van der Waals surface area contributed by atoms with Crippen molar-refractivity contribution >= 4 is 12.2 Å². The summed E-state index contributed by atoms with van der Waals surface area (Å²) in [6, 6.07) is 0. The van der Waals surface area contributed by atoms with E-state index in [1.54, 1.807) is 17.0 Å². The van der Waals surface area contributed by atoms with E-state index in [4.69, 9.17) is 0 Å². The maximum absolute atomic E-state index is 11.1. The number of aldehydes is 1. The van der Waals surface area contributed by atoms with Crippen molar-refractivity contribution in [2.75, 3.05) is 6.54 Å². The first kappa shape index (κ1) is 10.4. The Morgan fingerprint density at radius 1 is 1.71 bits per heavy atom. The molecule has 76 valence electrons. The van der Waals surface area contributed by atoms with Crippen molar-refractivity contribution in [3.05, 3.63) is 18.2 Å². The number of carbonyl (C=O) groups is 2. The third-order valence-electron chi connectivity index (χ3n) is 1.81. The minimum Gasteiger partial charge on any atom is -0.356 e. The van der Waals surface area contributed by atoms with Gasteiger partial charge in [-0.25, -0.2) is 4.98 Å². The molecule has 0 bridgehead atoms. The highest BCUT2D eigenvalue weighted by atomic mass is 16.1. The van der Waals surface area contributed by atoms with Crippen molar-refractivity contribution in [2.24, 2.45) is 0 Å². The summed E-state index contributed by atoms with van der Waals surface area (Å²) in [6.45, 7) is 2.98. The molecule has 0 unspecified atom stereocenters. The summed E-state index contributed by atoms with van der Waals surface area (Å²) in [5.74, 6) is 0.340. The Morgan fingerprint density at radius 3 is 3.14 bits per heavy atom. The van der Waals surface area contributed by atoms with Crippen LogP contribution in [-0.2, 0) is 11.3 Å². The van der Waals surface area contributed by atoms with E-state index in [1.807, 2.05) is 6.92 Å². The molecule has 0 saturated carbocycles. The number of hydrogen-bond acceptors (Lipinski definition) is 3. The SMILES string of the molecule is CCNC(=O)CCn1ccnc1C=O. The fourth-order valence-electron chi connectivity index (χ4n) is 1.14. The van der Waals surface area contributed by atoms with Gasteiger partial charge in [0, 0.05) is 31.9 Å². The second kappa shape index (κ2) is 5.16. The van der Waals surface area contributed by atoms with Crippen LogP contribution in [0.2, 0.25) is 0 Å². The molecular weight excluding hydrogens is 182 g/mol. The lowest BCUT2D eigenvalue weighted by atomic mass is 10.4. The first-order chi connectivity index (χ1) is 6.77. The molecule has 1 aromatic heterocycles. The van der Waals surface area contributed by atoms with Gasteiger partial charge in [0.25, 0.3) is 0 Å². The van der Waals surface area contributed by atoms with E-state index in [0.717, 1.165) is 0 Å². The molecule has 1 aromatic rings. The van der Waals surface area contributed by atoms with Gasteiger partial charge in [0.15, 0.2) is 12.1 Å². The Hall–Kier alpha value is -1.65.